The summed E-state index contributed by atoms with van der Waals surface area (Å²) in [5.74, 6) is -0.206. The van der Waals surface area contributed by atoms with E-state index in [1.54, 1.807) is 17.0 Å². The van der Waals surface area contributed by atoms with Gasteiger partial charge in [-0.2, -0.15) is 0 Å². The van der Waals surface area contributed by atoms with Gasteiger partial charge in [0.25, 0.3) is 0 Å². The maximum absolute atomic E-state index is 12.3. The average molecular weight is 316 g/mol. The van der Waals surface area contributed by atoms with Crippen molar-refractivity contribution >= 4 is 34.9 Å². The third kappa shape index (κ3) is 3.09. The Morgan fingerprint density at radius 2 is 2.00 bits per heavy atom. The van der Waals surface area contributed by atoms with Crippen LogP contribution in [0.4, 0.5) is 11.5 Å². The zero-order chi connectivity index (χ0) is 15.5. The van der Waals surface area contributed by atoms with Gasteiger partial charge in [-0.1, -0.05) is 29.8 Å². The first-order valence-corrected chi connectivity index (χ1v) is 7.29. The van der Waals surface area contributed by atoms with Gasteiger partial charge in [-0.15, -0.1) is 0 Å². The summed E-state index contributed by atoms with van der Waals surface area (Å²) >= 11 is 5.75. The Balaban J connectivity index is 1.67. The predicted molar refractivity (Wildman–Crippen MR) is 84.8 cm³/mol. The number of amides is 2. The molecule has 0 saturated carbocycles. The minimum atomic E-state index is -0.384. The standard InChI is InChI=1S/C16H14ClN3O2/c17-12-6-7-14(18-9-12)19-16(22)11-8-15(21)20(10-11)13-4-2-1-3-5-13/h1-7,9,11H,8,10H2,(H,18,19,22). The topological polar surface area (TPSA) is 62.3 Å². The molecule has 0 bridgehead atoms. The molecule has 1 fully saturated rings. The van der Waals surface area contributed by atoms with E-state index in [-0.39, 0.29) is 24.2 Å². The molecule has 2 amide bonds. The smallest absolute Gasteiger partial charge is 0.230 e. The SMILES string of the molecule is O=C(Nc1ccc(Cl)cn1)C1CC(=O)N(c2ccccc2)C1. The van der Waals surface area contributed by atoms with Crippen molar-refractivity contribution < 1.29 is 9.59 Å². The van der Waals surface area contributed by atoms with E-state index in [4.69, 9.17) is 11.6 Å². The van der Waals surface area contributed by atoms with Crippen molar-refractivity contribution in [3.8, 4) is 0 Å². The van der Waals surface area contributed by atoms with E-state index < -0.39 is 0 Å². The van der Waals surface area contributed by atoms with Gasteiger partial charge in [-0.05, 0) is 24.3 Å². The van der Waals surface area contributed by atoms with Crippen LogP contribution in [0.15, 0.2) is 48.7 Å². The van der Waals surface area contributed by atoms with E-state index >= 15 is 0 Å². The molecule has 112 valence electrons. The largest absolute Gasteiger partial charge is 0.312 e. The van der Waals surface area contributed by atoms with E-state index in [9.17, 15) is 9.59 Å². The van der Waals surface area contributed by atoms with Crippen molar-refractivity contribution in [2.24, 2.45) is 5.92 Å². The predicted octanol–water partition coefficient (Wildman–Crippen LogP) is 2.73. The second-order valence-corrected chi connectivity index (χ2v) is 5.53. The van der Waals surface area contributed by atoms with Crippen molar-refractivity contribution in [1.82, 2.24) is 4.98 Å². The molecule has 5 nitrogen and oxygen atoms in total. The molecule has 1 saturated heterocycles. The summed E-state index contributed by atoms with van der Waals surface area (Å²) in [6, 6.07) is 12.6. The summed E-state index contributed by atoms with van der Waals surface area (Å²) < 4.78 is 0. The Hall–Kier alpha value is -2.40. The number of anilines is 2. The highest BCUT2D eigenvalue weighted by Crippen LogP contribution is 2.25. The fourth-order valence-corrected chi connectivity index (χ4v) is 2.53. The molecule has 1 N–H and O–H groups in total. The number of hydrogen-bond acceptors (Lipinski definition) is 3. The Morgan fingerprint density at radius 3 is 2.68 bits per heavy atom. The number of rotatable bonds is 3. The molecule has 1 aromatic heterocycles. The molecule has 1 aromatic carbocycles. The Bertz CT molecular complexity index is 688. The summed E-state index contributed by atoms with van der Waals surface area (Å²) in [7, 11) is 0. The molecular formula is C16H14ClN3O2. The summed E-state index contributed by atoms with van der Waals surface area (Å²) in [5, 5.41) is 3.22. The first-order chi connectivity index (χ1) is 10.6. The van der Waals surface area contributed by atoms with Crippen molar-refractivity contribution in [1.29, 1.82) is 0 Å². The number of para-hydroxylation sites is 1. The molecule has 1 aliphatic heterocycles. The summed E-state index contributed by atoms with van der Waals surface area (Å²) in [6.45, 7) is 0.377. The van der Waals surface area contributed by atoms with E-state index in [1.807, 2.05) is 30.3 Å². The highest BCUT2D eigenvalue weighted by molar-refractivity contribution is 6.30. The molecule has 22 heavy (non-hydrogen) atoms. The third-order valence-electron chi connectivity index (χ3n) is 3.54. The average Bonchev–Trinajstić information content (AvgIpc) is 2.92. The zero-order valence-electron chi connectivity index (χ0n) is 11.7. The van der Waals surface area contributed by atoms with Gasteiger partial charge < -0.3 is 10.2 Å². The van der Waals surface area contributed by atoms with Crippen LogP contribution in [0.25, 0.3) is 0 Å². The van der Waals surface area contributed by atoms with Gasteiger partial charge >= 0.3 is 0 Å². The van der Waals surface area contributed by atoms with Crippen LogP contribution in [0.2, 0.25) is 5.02 Å². The van der Waals surface area contributed by atoms with Gasteiger partial charge in [0, 0.05) is 24.8 Å². The molecule has 2 heterocycles. The number of hydrogen-bond donors (Lipinski definition) is 1. The lowest BCUT2D eigenvalue weighted by Crippen LogP contribution is -2.28. The number of pyridine rings is 1. The Morgan fingerprint density at radius 1 is 1.23 bits per heavy atom. The van der Waals surface area contributed by atoms with E-state index in [0.717, 1.165) is 5.69 Å². The van der Waals surface area contributed by atoms with Crippen LogP contribution in [0, 0.1) is 5.92 Å². The van der Waals surface area contributed by atoms with Crippen molar-refractivity contribution in [3.63, 3.8) is 0 Å². The number of benzene rings is 1. The van der Waals surface area contributed by atoms with Crippen molar-refractivity contribution in [2.75, 3.05) is 16.8 Å². The quantitative estimate of drug-likeness (QED) is 0.947. The van der Waals surface area contributed by atoms with Crippen LogP contribution in [-0.4, -0.2) is 23.3 Å². The molecule has 0 aliphatic carbocycles. The molecule has 1 aliphatic rings. The summed E-state index contributed by atoms with van der Waals surface area (Å²) in [4.78, 5) is 30.0. The lowest BCUT2D eigenvalue weighted by atomic mass is 10.1. The molecule has 1 unspecified atom stereocenters. The van der Waals surface area contributed by atoms with Gasteiger partial charge in [0.2, 0.25) is 11.8 Å². The number of carbonyl (C=O) groups excluding carboxylic acids is 2. The third-order valence-corrected chi connectivity index (χ3v) is 3.77. The molecule has 6 heteroatoms. The second-order valence-electron chi connectivity index (χ2n) is 5.09. The minimum Gasteiger partial charge on any atom is -0.312 e. The summed E-state index contributed by atoms with van der Waals surface area (Å²) in [6.07, 6.45) is 1.67. The van der Waals surface area contributed by atoms with Crippen molar-refractivity contribution in [2.45, 2.75) is 6.42 Å². The van der Waals surface area contributed by atoms with Gasteiger partial charge in [0.05, 0.1) is 10.9 Å². The van der Waals surface area contributed by atoms with Crippen LogP contribution in [0.5, 0.6) is 0 Å². The Labute approximate surface area is 132 Å². The first kappa shape index (κ1) is 14.5. The highest BCUT2D eigenvalue weighted by Gasteiger charge is 2.35. The molecule has 0 radical (unpaired) electrons. The van der Waals surface area contributed by atoms with Gasteiger partial charge in [0.15, 0.2) is 0 Å². The van der Waals surface area contributed by atoms with E-state index in [2.05, 4.69) is 10.3 Å². The van der Waals surface area contributed by atoms with Crippen molar-refractivity contribution in [3.05, 3.63) is 53.7 Å². The van der Waals surface area contributed by atoms with Crippen LogP contribution >= 0.6 is 11.6 Å². The van der Waals surface area contributed by atoms with Crippen LogP contribution in [0.1, 0.15) is 6.42 Å². The summed E-state index contributed by atoms with van der Waals surface area (Å²) in [5.41, 5.74) is 0.812. The van der Waals surface area contributed by atoms with Crippen LogP contribution in [-0.2, 0) is 9.59 Å². The fourth-order valence-electron chi connectivity index (χ4n) is 2.42. The number of carbonyl (C=O) groups is 2. The lowest BCUT2D eigenvalue weighted by Gasteiger charge is -2.16. The number of nitrogens with zero attached hydrogens (tertiary/aromatic N) is 2. The zero-order valence-corrected chi connectivity index (χ0v) is 12.5. The number of aromatic nitrogens is 1. The maximum atomic E-state index is 12.3. The highest BCUT2D eigenvalue weighted by atomic mass is 35.5. The number of nitrogens with one attached hydrogen (secondary N) is 1. The van der Waals surface area contributed by atoms with E-state index in [1.165, 1.54) is 6.20 Å². The maximum Gasteiger partial charge on any atom is 0.230 e. The Kier molecular flexibility index (Phi) is 4.06. The van der Waals surface area contributed by atoms with Gasteiger partial charge in [-0.3, -0.25) is 9.59 Å². The molecule has 3 rings (SSSR count). The van der Waals surface area contributed by atoms with Crippen LogP contribution < -0.4 is 10.2 Å². The first-order valence-electron chi connectivity index (χ1n) is 6.91. The molecule has 1 atom stereocenters. The molecule has 2 aromatic rings. The fraction of sp³-hybridized carbons (Fsp3) is 0.188. The number of halogens is 1. The molecule has 0 spiro atoms. The molecular weight excluding hydrogens is 302 g/mol. The second kappa shape index (κ2) is 6.15. The van der Waals surface area contributed by atoms with Gasteiger partial charge in [0.1, 0.15) is 5.82 Å². The van der Waals surface area contributed by atoms with Crippen LogP contribution in [0.3, 0.4) is 0 Å². The minimum absolute atomic E-state index is 0.0459. The van der Waals surface area contributed by atoms with E-state index in [0.29, 0.717) is 17.4 Å². The normalized spacial score (nSPS) is 17.6. The lowest BCUT2D eigenvalue weighted by molar-refractivity contribution is -0.122. The van der Waals surface area contributed by atoms with Gasteiger partial charge in [-0.25, -0.2) is 4.98 Å². The monoisotopic (exact) mass is 315 g/mol.